The smallest absolute Gasteiger partial charge is 0.194 e. The van der Waals surface area contributed by atoms with Crippen LogP contribution in [0.1, 0.15) is 29.7 Å². The van der Waals surface area contributed by atoms with Gasteiger partial charge in [-0.3, -0.25) is 4.99 Å². The summed E-state index contributed by atoms with van der Waals surface area (Å²) in [7, 11) is 0. The minimum atomic E-state index is -0.952. The van der Waals surface area contributed by atoms with Gasteiger partial charge in [0.1, 0.15) is 11.9 Å². The average molecular weight is 341 g/mol. The molecule has 1 heterocycles. The molecule has 2 aromatic rings. The third-order valence-electron chi connectivity index (χ3n) is 4.44. The first kappa shape index (κ1) is 17.4. The predicted molar refractivity (Wildman–Crippen MR) is 97.9 cm³/mol. The Morgan fingerprint density at radius 3 is 2.68 bits per heavy atom. The molecule has 4 nitrogen and oxygen atoms in total. The van der Waals surface area contributed by atoms with Crippen molar-refractivity contribution in [3.63, 3.8) is 0 Å². The Balaban J connectivity index is 1.73. The fourth-order valence-electron chi connectivity index (χ4n) is 3.12. The van der Waals surface area contributed by atoms with Gasteiger partial charge in [-0.2, -0.15) is 0 Å². The van der Waals surface area contributed by atoms with Crippen LogP contribution in [-0.4, -0.2) is 35.6 Å². The maximum atomic E-state index is 13.8. The second kappa shape index (κ2) is 8.12. The quantitative estimate of drug-likeness (QED) is 0.664. The summed E-state index contributed by atoms with van der Waals surface area (Å²) in [6.07, 6.45) is 0.0168. The third-order valence-corrected chi connectivity index (χ3v) is 4.44. The monoisotopic (exact) mass is 341 g/mol. The van der Waals surface area contributed by atoms with Crippen LogP contribution in [0.2, 0.25) is 0 Å². The van der Waals surface area contributed by atoms with Crippen molar-refractivity contribution in [3.8, 4) is 0 Å². The fourth-order valence-corrected chi connectivity index (χ4v) is 3.12. The van der Waals surface area contributed by atoms with E-state index in [-0.39, 0.29) is 12.1 Å². The van der Waals surface area contributed by atoms with Crippen molar-refractivity contribution in [2.45, 2.75) is 26.0 Å². The molecular weight excluding hydrogens is 317 g/mol. The van der Waals surface area contributed by atoms with Gasteiger partial charge in [-0.25, -0.2) is 4.39 Å². The van der Waals surface area contributed by atoms with Crippen LogP contribution in [0.5, 0.6) is 0 Å². The number of aliphatic imine (C=N–C) groups is 1. The molecule has 0 fully saturated rings. The second-order valence-corrected chi connectivity index (χ2v) is 6.17. The normalized spacial score (nSPS) is 15.6. The molecule has 0 saturated carbocycles. The molecule has 2 aromatic carbocycles. The minimum absolute atomic E-state index is 0.126. The first-order valence-electron chi connectivity index (χ1n) is 8.71. The van der Waals surface area contributed by atoms with Gasteiger partial charge in [0.15, 0.2) is 5.96 Å². The van der Waals surface area contributed by atoms with E-state index in [1.54, 1.807) is 18.2 Å². The van der Waals surface area contributed by atoms with E-state index in [2.05, 4.69) is 33.4 Å². The van der Waals surface area contributed by atoms with Gasteiger partial charge in [0.25, 0.3) is 0 Å². The highest BCUT2D eigenvalue weighted by Gasteiger charge is 2.19. The number of aliphatic hydroxyl groups is 1. The summed E-state index contributed by atoms with van der Waals surface area (Å²) >= 11 is 0. The summed E-state index contributed by atoms with van der Waals surface area (Å²) in [5.74, 6) is 0.356. The van der Waals surface area contributed by atoms with Crippen LogP contribution in [0, 0.1) is 5.82 Å². The molecule has 3 rings (SSSR count). The first-order valence-corrected chi connectivity index (χ1v) is 8.71. The van der Waals surface area contributed by atoms with Crippen molar-refractivity contribution in [1.29, 1.82) is 0 Å². The summed E-state index contributed by atoms with van der Waals surface area (Å²) < 4.78 is 13.8. The zero-order valence-corrected chi connectivity index (χ0v) is 14.5. The number of hydrogen-bond acceptors (Lipinski definition) is 2. The molecule has 1 atom stereocenters. The topological polar surface area (TPSA) is 47.9 Å². The van der Waals surface area contributed by atoms with Crippen LogP contribution in [0.15, 0.2) is 53.5 Å². The number of guanidine groups is 1. The number of fused-ring (bicyclic) bond motifs is 1. The predicted octanol–water partition coefficient (Wildman–Crippen LogP) is 2.88. The van der Waals surface area contributed by atoms with Crippen LogP contribution in [0.3, 0.4) is 0 Å². The van der Waals surface area contributed by atoms with Crippen molar-refractivity contribution in [1.82, 2.24) is 10.2 Å². The SMILES string of the molecule is CCNC(=NCC(O)c1ccccc1F)N1CCc2ccccc2C1. The van der Waals surface area contributed by atoms with E-state index < -0.39 is 11.9 Å². The maximum Gasteiger partial charge on any atom is 0.194 e. The highest BCUT2D eigenvalue weighted by molar-refractivity contribution is 5.80. The summed E-state index contributed by atoms with van der Waals surface area (Å²) in [4.78, 5) is 6.72. The van der Waals surface area contributed by atoms with Gasteiger partial charge in [-0.1, -0.05) is 42.5 Å². The number of nitrogens with zero attached hydrogens (tertiary/aromatic N) is 2. The van der Waals surface area contributed by atoms with Gasteiger partial charge >= 0.3 is 0 Å². The van der Waals surface area contributed by atoms with Crippen molar-refractivity contribution in [3.05, 3.63) is 71.0 Å². The molecule has 1 aliphatic rings. The van der Waals surface area contributed by atoms with Gasteiger partial charge in [0.05, 0.1) is 6.54 Å². The summed E-state index contributed by atoms with van der Waals surface area (Å²) in [5, 5.41) is 13.6. The maximum absolute atomic E-state index is 13.8. The van der Waals surface area contributed by atoms with E-state index in [4.69, 9.17) is 0 Å². The highest BCUT2D eigenvalue weighted by Crippen LogP contribution is 2.20. The van der Waals surface area contributed by atoms with Gasteiger partial charge in [-0.15, -0.1) is 0 Å². The molecule has 132 valence electrons. The van der Waals surface area contributed by atoms with Gasteiger partial charge in [0.2, 0.25) is 0 Å². The lowest BCUT2D eigenvalue weighted by atomic mass is 10.0. The van der Waals surface area contributed by atoms with Crippen molar-refractivity contribution in [2.75, 3.05) is 19.6 Å². The molecule has 0 saturated heterocycles. The van der Waals surface area contributed by atoms with Gasteiger partial charge in [-0.05, 0) is 30.5 Å². The number of halogens is 1. The molecule has 2 N–H and O–H groups in total. The number of hydrogen-bond donors (Lipinski definition) is 2. The van der Waals surface area contributed by atoms with Gasteiger partial charge < -0.3 is 15.3 Å². The number of benzene rings is 2. The zero-order valence-electron chi connectivity index (χ0n) is 14.5. The van der Waals surface area contributed by atoms with Gasteiger partial charge in [0, 0.05) is 25.2 Å². The van der Waals surface area contributed by atoms with E-state index in [1.807, 2.05) is 13.0 Å². The lowest BCUT2D eigenvalue weighted by molar-refractivity contribution is 0.181. The molecule has 0 aliphatic carbocycles. The van der Waals surface area contributed by atoms with Crippen LogP contribution in [-0.2, 0) is 13.0 Å². The van der Waals surface area contributed by atoms with E-state index in [0.29, 0.717) is 0 Å². The Bertz CT molecular complexity index is 747. The van der Waals surface area contributed by atoms with Crippen LogP contribution in [0.25, 0.3) is 0 Å². The molecule has 25 heavy (non-hydrogen) atoms. The van der Waals surface area contributed by atoms with Crippen molar-refractivity contribution >= 4 is 5.96 Å². The molecule has 0 aromatic heterocycles. The minimum Gasteiger partial charge on any atom is -0.386 e. The van der Waals surface area contributed by atoms with Crippen molar-refractivity contribution in [2.24, 2.45) is 4.99 Å². The third kappa shape index (κ3) is 4.17. The zero-order chi connectivity index (χ0) is 17.6. The Labute approximate surface area is 148 Å². The molecule has 0 spiro atoms. The fraction of sp³-hybridized carbons (Fsp3) is 0.350. The van der Waals surface area contributed by atoms with E-state index in [0.717, 1.165) is 32.0 Å². The second-order valence-electron chi connectivity index (χ2n) is 6.17. The number of nitrogens with one attached hydrogen (secondary N) is 1. The largest absolute Gasteiger partial charge is 0.386 e. The highest BCUT2D eigenvalue weighted by atomic mass is 19.1. The van der Waals surface area contributed by atoms with Crippen molar-refractivity contribution < 1.29 is 9.50 Å². The molecule has 0 radical (unpaired) electrons. The lowest BCUT2D eigenvalue weighted by Gasteiger charge is -2.31. The molecular formula is C20H24FN3O. The number of aliphatic hydroxyl groups excluding tert-OH is 1. The Morgan fingerprint density at radius 1 is 1.20 bits per heavy atom. The summed E-state index contributed by atoms with van der Waals surface area (Å²) in [5.41, 5.74) is 2.96. The van der Waals surface area contributed by atoms with E-state index in [9.17, 15) is 9.50 Å². The van der Waals surface area contributed by atoms with Crippen LogP contribution < -0.4 is 5.32 Å². The van der Waals surface area contributed by atoms with Crippen LogP contribution in [0.4, 0.5) is 4.39 Å². The molecule has 5 heteroatoms. The molecule has 0 bridgehead atoms. The summed E-state index contributed by atoms with van der Waals surface area (Å²) in [6, 6.07) is 14.7. The molecule has 0 amide bonds. The Kier molecular flexibility index (Phi) is 5.66. The van der Waals surface area contributed by atoms with Crippen LogP contribution >= 0.6 is 0 Å². The lowest BCUT2D eigenvalue weighted by Crippen LogP contribution is -2.44. The molecule has 1 aliphatic heterocycles. The number of rotatable bonds is 4. The molecule has 1 unspecified atom stereocenters. The van der Waals surface area contributed by atoms with E-state index >= 15 is 0 Å². The Morgan fingerprint density at radius 2 is 1.92 bits per heavy atom. The first-order chi connectivity index (χ1) is 12.2. The Hall–Kier alpha value is -2.40. The van der Waals surface area contributed by atoms with E-state index in [1.165, 1.54) is 17.2 Å². The standard InChI is InChI=1S/C20H24FN3O/c1-2-22-20(23-13-19(25)17-9-5-6-10-18(17)21)24-12-11-15-7-3-4-8-16(15)14-24/h3-10,19,25H,2,11-14H2,1H3,(H,22,23). The summed E-state index contributed by atoms with van der Waals surface area (Å²) in [6.45, 7) is 4.55. The average Bonchev–Trinajstić information content (AvgIpc) is 2.65.